The summed E-state index contributed by atoms with van der Waals surface area (Å²) in [6.45, 7) is 17.3. The van der Waals surface area contributed by atoms with Crippen molar-refractivity contribution in [2.75, 3.05) is 0 Å². The van der Waals surface area contributed by atoms with Crippen LogP contribution in [0.25, 0.3) is 0 Å². The van der Waals surface area contributed by atoms with Crippen LogP contribution in [0.1, 0.15) is 158 Å². The van der Waals surface area contributed by atoms with Crippen LogP contribution in [0.4, 0.5) is 0 Å². The molecule has 0 heterocycles. The number of carboxylic acids is 2. The third kappa shape index (κ3) is 20.9. The van der Waals surface area contributed by atoms with E-state index in [0.29, 0.717) is 10.5 Å². The average Bonchev–Trinajstić information content (AvgIpc) is 2.75. The van der Waals surface area contributed by atoms with Crippen LogP contribution >= 0.6 is 11.8 Å². The average molecular weight is 543 g/mol. The summed E-state index contributed by atoms with van der Waals surface area (Å²) in [5, 5.41) is 20.6. The van der Waals surface area contributed by atoms with Crippen LogP contribution in [0.3, 0.4) is 0 Å². The van der Waals surface area contributed by atoms with E-state index in [1.54, 1.807) is 0 Å². The molecule has 0 aromatic rings. The Morgan fingerprint density at radius 3 is 1.16 bits per heavy atom. The Morgan fingerprint density at radius 1 is 0.568 bits per heavy atom. The van der Waals surface area contributed by atoms with Crippen LogP contribution in [0.2, 0.25) is 0 Å². The Bertz CT molecular complexity index is 553. The second kappa shape index (κ2) is 19.4. The van der Waals surface area contributed by atoms with Crippen molar-refractivity contribution in [1.82, 2.24) is 0 Å². The van der Waals surface area contributed by atoms with Crippen molar-refractivity contribution in [2.24, 2.45) is 22.7 Å². The van der Waals surface area contributed by atoms with Gasteiger partial charge in [0.05, 0.1) is 11.8 Å². The zero-order valence-corrected chi connectivity index (χ0v) is 26.6. The lowest BCUT2D eigenvalue weighted by atomic mass is 9.82. The first-order valence-electron chi connectivity index (χ1n) is 15.3. The molecule has 0 aliphatic carbocycles. The van der Waals surface area contributed by atoms with Crippen LogP contribution in [0, 0.1) is 22.7 Å². The molecule has 4 atom stereocenters. The number of rotatable bonds is 22. The number of aliphatic carboxylic acids is 2. The first-order valence-corrected chi connectivity index (χ1v) is 16.2. The minimum absolute atomic E-state index is 0.0313. The summed E-state index contributed by atoms with van der Waals surface area (Å²) >= 11 is 2.14. The summed E-state index contributed by atoms with van der Waals surface area (Å²) in [6, 6.07) is 0. The van der Waals surface area contributed by atoms with Crippen LogP contribution in [0.15, 0.2) is 0 Å². The van der Waals surface area contributed by atoms with Gasteiger partial charge in [0, 0.05) is 10.5 Å². The first-order chi connectivity index (χ1) is 17.2. The fraction of sp³-hybridized carbons (Fsp3) is 0.938. The smallest absolute Gasteiger partial charge is 0.306 e. The second-order valence-corrected chi connectivity index (χ2v) is 15.4. The monoisotopic (exact) mass is 542 g/mol. The molecular formula is C32H62O4S. The van der Waals surface area contributed by atoms with E-state index in [4.69, 9.17) is 0 Å². The van der Waals surface area contributed by atoms with Gasteiger partial charge in [0.2, 0.25) is 0 Å². The van der Waals surface area contributed by atoms with Gasteiger partial charge in [-0.25, -0.2) is 0 Å². The second-order valence-electron chi connectivity index (χ2n) is 13.8. The molecule has 4 nitrogen and oxygen atoms in total. The zero-order valence-electron chi connectivity index (χ0n) is 25.7. The van der Waals surface area contributed by atoms with Crippen LogP contribution < -0.4 is 0 Å². The predicted molar refractivity (Wildman–Crippen MR) is 162 cm³/mol. The van der Waals surface area contributed by atoms with E-state index in [9.17, 15) is 19.8 Å². The maximum absolute atomic E-state index is 11.8. The van der Waals surface area contributed by atoms with Crippen molar-refractivity contribution in [2.45, 2.75) is 169 Å². The van der Waals surface area contributed by atoms with Gasteiger partial charge in [-0.1, -0.05) is 107 Å². The highest BCUT2D eigenvalue weighted by Crippen LogP contribution is 2.35. The van der Waals surface area contributed by atoms with E-state index in [0.717, 1.165) is 51.4 Å². The van der Waals surface area contributed by atoms with Crippen LogP contribution in [-0.2, 0) is 9.59 Å². The molecule has 0 rings (SSSR count). The van der Waals surface area contributed by atoms with Gasteiger partial charge in [-0.2, -0.15) is 11.8 Å². The van der Waals surface area contributed by atoms with E-state index in [1.165, 1.54) is 51.4 Å². The first kappa shape index (κ1) is 36.3. The standard InChI is InChI=1S/C32H62O4S/c1-9-11-13-19-27(21-15-17-25(29(33)34)23-31(3,4)5)37-28(20-14-12-10-2)22-16-18-26(30(35)36)24-32(6,7)8/h25-28H,9-24H2,1-8H3,(H,33,34)(H,35,36). The lowest BCUT2D eigenvalue weighted by molar-refractivity contribution is -0.144. The fourth-order valence-corrected chi connectivity index (χ4v) is 7.12. The van der Waals surface area contributed by atoms with Crippen molar-refractivity contribution < 1.29 is 19.8 Å². The molecule has 0 spiro atoms. The largest absolute Gasteiger partial charge is 0.481 e. The third-order valence-corrected chi connectivity index (χ3v) is 8.93. The van der Waals surface area contributed by atoms with Gasteiger partial charge >= 0.3 is 11.9 Å². The lowest BCUT2D eigenvalue weighted by Crippen LogP contribution is -2.22. The van der Waals surface area contributed by atoms with Gasteiger partial charge in [0.1, 0.15) is 0 Å². The zero-order chi connectivity index (χ0) is 28.5. The topological polar surface area (TPSA) is 74.6 Å². The molecule has 0 aliphatic rings. The molecule has 5 heteroatoms. The summed E-state index contributed by atoms with van der Waals surface area (Å²) in [5.74, 6) is -1.80. The summed E-state index contributed by atoms with van der Waals surface area (Å²) < 4.78 is 0. The number of hydrogen-bond donors (Lipinski definition) is 2. The summed E-state index contributed by atoms with van der Waals surface area (Å²) in [6.07, 6.45) is 17.0. The van der Waals surface area contributed by atoms with Crippen molar-refractivity contribution in [3.8, 4) is 0 Å². The Balaban J connectivity index is 5.16. The van der Waals surface area contributed by atoms with E-state index < -0.39 is 11.9 Å². The molecule has 0 aliphatic heterocycles. The molecule has 220 valence electrons. The highest BCUT2D eigenvalue weighted by atomic mass is 32.2. The van der Waals surface area contributed by atoms with Crippen molar-refractivity contribution in [3.63, 3.8) is 0 Å². The van der Waals surface area contributed by atoms with Crippen LogP contribution in [0.5, 0.6) is 0 Å². The maximum Gasteiger partial charge on any atom is 0.306 e. The molecule has 0 bridgehead atoms. The third-order valence-electron chi connectivity index (χ3n) is 7.22. The molecule has 0 radical (unpaired) electrons. The minimum atomic E-state index is -0.647. The van der Waals surface area contributed by atoms with Gasteiger partial charge in [-0.3, -0.25) is 9.59 Å². The Labute approximate surface area is 234 Å². The number of hydrogen-bond acceptors (Lipinski definition) is 3. The molecule has 0 aromatic heterocycles. The Morgan fingerprint density at radius 2 is 0.892 bits per heavy atom. The maximum atomic E-state index is 11.8. The molecule has 0 aromatic carbocycles. The van der Waals surface area contributed by atoms with E-state index in [1.807, 2.05) is 0 Å². The highest BCUT2D eigenvalue weighted by molar-refractivity contribution is 8.00. The number of unbranched alkanes of at least 4 members (excludes halogenated alkanes) is 4. The number of thioether (sulfide) groups is 1. The Kier molecular flexibility index (Phi) is 19.0. The normalized spacial score (nSPS) is 15.8. The van der Waals surface area contributed by atoms with Gasteiger partial charge in [-0.15, -0.1) is 0 Å². The summed E-state index contributed by atoms with van der Waals surface area (Å²) in [4.78, 5) is 23.7. The Hall–Kier alpha value is -0.710. The quantitative estimate of drug-likeness (QED) is 0.133. The van der Waals surface area contributed by atoms with Gasteiger partial charge in [0.15, 0.2) is 0 Å². The fourth-order valence-electron chi connectivity index (χ4n) is 5.36. The van der Waals surface area contributed by atoms with Crippen molar-refractivity contribution in [3.05, 3.63) is 0 Å². The molecule has 37 heavy (non-hydrogen) atoms. The molecule has 2 N–H and O–H groups in total. The highest BCUT2D eigenvalue weighted by Gasteiger charge is 2.26. The molecule has 0 fully saturated rings. The van der Waals surface area contributed by atoms with Crippen molar-refractivity contribution in [1.29, 1.82) is 0 Å². The molecule has 4 unspecified atom stereocenters. The van der Waals surface area contributed by atoms with Crippen molar-refractivity contribution >= 4 is 23.7 Å². The van der Waals surface area contributed by atoms with Gasteiger partial charge in [0.25, 0.3) is 0 Å². The summed E-state index contributed by atoms with van der Waals surface area (Å²) in [5.41, 5.74) is 0.0625. The van der Waals surface area contributed by atoms with E-state index in [2.05, 4.69) is 67.2 Å². The van der Waals surface area contributed by atoms with Crippen LogP contribution in [-0.4, -0.2) is 32.7 Å². The lowest BCUT2D eigenvalue weighted by Gasteiger charge is -2.27. The molecule has 0 saturated heterocycles. The van der Waals surface area contributed by atoms with E-state index >= 15 is 0 Å². The summed E-state index contributed by atoms with van der Waals surface area (Å²) in [7, 11) is 0. The SMILES string of the molecule is CCCCCC(CCCC(CC(C)(C)C)C(=O)O)SC(CCCCC)CCCC(CC(C)(C)C)C(=O)O. The minimum Gasteiger partial charge on any atom is -0.481 e. The molecule has 0 amide bonds. The predicted octanol–water partition coefficient (Wildman–Crippen LogP) is 10.2. The molecular weight excluding hydrogens is 480 g/mol. The van der Waals surface area contributed by atoms with E-state index in [-0.39, 0.29) is 22.7 Å². The number of carboxylic acid groups (broad SMARTS) is 2. The van der Waals surface area contributed by atoms with Gasteiger partial charge < -0.3 is 10.2 Å². The molecule has 0 saturated carbocycles. The van der Waals surface area contributed by atoms with Gasteiger partial charge in [-0.05, 0) is 62.2 Å². The number of carbonyl (C=O) groups is 2.